The number of imidazole rings is 1. The molecule has 10 heteroatoms. The van der Waals surface area contributed by atoms with Crippen LogP contribution in [0.2, 0.25) is 0 Å². The van der Waals surface area contributed by atoms with E-state index in [9.17, 15) is 18.0 Å². The Bertz CT molecular complexity index is 989. The van der Waals surface area contributed by atoms with Gasteiger partial charge < -0.3 is 19.9 Å². The minimum Gasteiger partial charge on any atom is -0.402 e. The van der Waals surface area contributed by atoms with E-state index >= 15 is 0 Å². The number of piperidine rings is 1. The number of pyridine rings is 1. The molecule has 1 saturated heterocycles. The van der Waals surface area contributed by atoms with Gasteiger partial charge >= 0.3 is 6.36 Å². The van der Waals surface area contributed by atoms with Gasteiger partial charge in [-0.15, -0.1) is 13.2 Å². The highest BCUT2D eigenvalue weighted by Crippen LogP contribution is 2.56. The molecule has 160 valence electrons. The molecule has 2 N–H and O–H groups in total. The van der Waals surface area contributed by atoms with Crippen LogP contribution in [-0.2, 0) is 11.2 Å². The number of anilines is 1. The normalized spacial score (nSPS) is 25.3. The van der Waals surface area contributed by atoms with E-state index in [1.54, 1.807) is 6.92 Å². The molecule has 30 heavy (non-hydrogen) atoms. The number of nitrogen functional groups attached to an aromatic ring is 1. The van der Waals surface area contributed by atoms with Crippen molar-refractivity contribution in [3.05, 3.63) is 24.3 Å². The first-order chi connectivity index (χ1) is 14.2. The average molecular weight is 421 g/mol. The monoisotopic (exact) mass is 421 g/mol. The fraction of sp³-hybridized carbons (Fsp3) is 0.550. The summed E-state index contributed by atoms with van der Waals surface area (Å²) in [4.78, 5) is 22.1. The molecular weight excluding hydrogens is 399 g/mol. The van der Waals surface area contributed by atoms with Gasteiger partial charge in [-0.25, -0.2) is 9.97 Å². The molecule has 0 spiro atoms. The molecule has 3 atom stereocenters. The fourth-order valence-electron chi connectivity index (χ4n) is 4.53. The number of hydrogen-bond donors (Lipinski definition) is 1. The van der Waals surface area contributed by atoms with Gasteiger partial charge in [-0.05, 0) is 24.8 Å². The molecule has 2 aliphatic carbocycles. The first-order valence-electron chi connectivity index (χ1n) is 10.0. The fourth-order valence-corrected chi connectivity index (χ4v) is 4.53. The molecule has 3 fully saturated rings. The molecule has 0 radical (unpaired) electrons. The Morgan fingerprint density at radius 3 is 2.60 bits per heavy atom. The molecule has 3 aliphatic rings. The number of nitrogens with zero attached hydrogens (tertiary/aromatic N) is 4. The van der Waals surface area contributed by atoms with Crippen LogP contribution in [-0.4, -0.2) is 44.8 Å². The molecular formula is C20H22F3N5O2. The van der Waals surface area contributed by atoms with E-state index in [2.05, 4.69) is 14.3 Å². The molecule has 3 heterocycles. The van der Waals surface area contributed by atoms with Crippen molar-refractivity contribution in [2.45, 2.75) is 38.6 Å². The predicted octanol–water partition coefficient (Wildman–Crippen LogP) is 3.03. The SMILES string of the molecule is CC(=O)N1C[C@@H]2[C@H](C1)[C@H]2n1cc(-c2cnc(N)c(OC(F)(F)F)c2)nc1CC1CC1. The number of carbonyl (C=O) groups is 1. The van der Waals surface area contributed by atoms with Crippen LogP contribution in [0.3, 0.4) is 0 Å². The van der Waals surface area contributed by atoms with Crippen molar-refractivity contribution in [3.8, 4) is 17.0 Å². The van der Waals surface area contributed by atoms with Crippen LogP contribution in [0.5, 0.6) is 5.75 Å². The van der Waals surface area contributed by atoms with Crippen molar-refractivity contribution in [2.24, 2.45) is 17.8 Å². The van der Waals surface area contributed by atoms with Crippen molar-refractivity contribution < 1.29 is 22.7 Å². The van der Waals surface area contributed by atoms with E-state index in [-0.39, 0.29) is 17.8 Å². The third-order valence-electron chi connectivity index (χ3n) is 6.30. The maximum absolute atomic E-state index is 12.7. The third kappa shape index (κ3) is 3.59. The van der Waals surface area contributed by atoms with Crippen molar-refractivity contribution in [1.29, 1.82) is 0 Å². The summed E-state index contributed by atoms with van der Waals surface area (Å²) in [6.45, 7) is 3.07. The lowest BCUT2D eigenvalue weighted by Crippen LogP contribution is -2.29. The molecule has 2 saturated carbocycles. The lowest BCUT2D eigenvalue weighted by Gasteiger charge is -2.19. The van der Waals surface area contributed by atoms with Crippen LogP contribution >= 0.6 is 0 Å². The number of nitrogens with two attached hydrogens (primary N) is 1. The highest BCUT2D eigenvalue weighted by atomic mass is 19.4. The number of fused-ring (bicyclic) bond motifs is 1. The van der Waals surface area contributed by atoms with Gasteiger partial charge in [-0.3, -0.25) is 4.79 Å². The van der Waals surface area contributed by atoms with Crippen LogP contribution in [0.25, 0.3) is 11.3 Å². The summed E-state index contributed by atoms with van der Waals surface area (Å²) in [5, 5.41) is 0. The average Bonchev–Trinajstić information content (AvgIpc) is 3.50. The Kier molecular flexibility index (Phi) is 4.23. The molecule has 0 unspecified atom stereocenters. The van der Waals surface area contributed by atoms with Gasteiger partial charge in [0.2, 0.25) is 5.91 Å². The molecule has 1 aliphatic heterocycles. The lowest BCUT2D eigenvalue weighted by atomic mass is 10.2. The number of amides is 1. The Morgan fingerprint density at radius 1 is 1.30 bits per heavy atom. The number of aromatic nitrogens is 3. The van der Waals surface area contributed by atoms with Gasteiger partial charge in [0.1, 0.15) is 5.82 Å². The summed E-state index contributed by atoms with van der Waals surface area (Å²) in [5.41, 5.74) is 6.53. The van der Waals surface area contributed by atoms with Crippen LogP contribution in [0, 0.1) is 17.8 Å². The number of alkyl halides is 3. The molecule has 0 bridgehead atoms. The second-order valence-corrected chi connectivity index (χ2v) is 8.49. The van der Waals surface area contributed by atoms with Crippen LogP contribution < -0.4 is 10.5 Å². The molecule has 2 aromatic heterocycles. The van der Waals surface area contributed by atoms with Gasteiger partial charge in [0.15, 0.2) is 11.6 Å². The van der Waals surface area contributed by atoms with Crippen molar-refractivity contribution in [3.63, 3.8) is 0 Å². The van der Waals surface area contributed by atoms with Crippen molar-refractivity contribution >= 4 is 11.7 Å². The first kappa shape index (κ1) is 19.2. The smallest absolute Gasteiger partial charge is 0.402 e. The Hall–Kier alpha value is -2.78. The van der Waals surface area contributed by atoms with Crippen molar-refractivity contribution in [2.75, 3.05) is 18.8 Å². The number of rotatable bonds is 5. The highest BCUT2D eigenvalue weighted by molar-refractivity contribution is 5.74. The van der Waals surface area contributed by atoms with E-state index in [1.807, 2.05) is 11.1 Å². The van der Waals surface area contributed by atoms with Gasteiger partial charge in [-0.1, -0.05) is 0 Å². The molecule has 1 amide bonds. The van der Waals surface area contributed by atoms with E-state index in [0.717, 1.165) is 25.3 Å². The number of carbonyl (C=O) groups excluding carboxylic acids is 1. The Labute approximate surface area is 171 Å². The standard InChI is InChI=1S/C20H22F3N5O2/c1-10(29)27-7-13-14(8-27)18(13)28-9-15(26-17(28)4-11-2-3-11)12-5-16(19(24)25-6-12)30-20(21,22)23/h5-6,9,11,13-14,18H,2-4,7-8H2,1H3,(H2,24,25)/t13-,14+,18+. The molecule has 2 aromatic rings. The zero-order chi connectivity index (χ0) is 21.2. The van der Waals surface area contributed by atoms with Gasteiger partial charge in [0, 0.05) is 62.3 Å². The molecule has 7 nitrogen and oxygen atoms in total. The van der Waals surface area contributed by atoms with Gasteiger partial charge in [-0.2, -0.15) is 0 Å². The minimum absolute atomic E-state index is 0.0932. The summed E-state index contributed by atoms with van der Waals surface area (Å²) < 4.78 is 44.1. The topological polar surface area (TPSA) is 86.3 Å². The number of likely N-dealkylation sites (tertiary alicyclic amines) is 1. The highest BCUT2D eigenvalue weighted by Gasteiger charge is 2.58. The summed E-state index contributed by atoms with van der Waals surface area (Å²) in [5.74, 6) is 1.60. The summed E-state index contributed by atoms with van der Waals surface area (Å²) in [6, 6.07) is 1.51. The first-order valence-corrected chi connectivity index (χ1v) is 10.0. The van der Waals surface area contributed by atoms with Gasteiger partial charge in [0.05, 0.1) is 5.69 Å². The maximum atomic E-state index is 12.7. The molecule has 0 aromatic carbocycles. The predicted molar refractivity (Wildman–Crippen MR) is 101 cm³/mol. The summed E-state index contributed by atoms with van der Waals surface area (Å²) in [6.07, 6.45) is 1.65. The Balaban J connectivity index is 1.43. The van der Waals surface area contributed by atoms with Crippen LogP contribution in [0.15, 0.2) is 18.5 Å². The zero-order valence-electron chi connectivity index (χ0n) is 16.4. The van der Waals surface area contributed by atoms with Crippen LogP contribution in [0.4, 0.5) is 19.0 Å². The number of ether oxygens (including phenoxy) is 1. The quantitative estimate of drug-likeness (QED) is 0.802. The zero-order valence-corrected chi connectivity index (χ0v) is 16.4. The largest absolute Gasteiger partial charge is 0.573 e. The van der Waals surface area contributed by atoms with E-state index in [1.165, 1.54) is 25.1 Å². The molecule has 5 rings (SSSR count). The van der Waals surface area contributed by atoms with E-state index < -0.39 is 12.1 Å². The second kappa shape index (κ2) is 6.61. The van der Waals surface area contributed by atoms with Crippen molar-refractivity contribution in [1.82, 2.24) is 19.4 Å². The number of hydrogen-bond acceptors (Lipinski definition) is 5. The van der Waals surface area contributed by atoms with Crippen LogP contribution in [0.1, 0.15) is 31.6 Å². The van der Waals surface area contributed by atoms with E-state index in [0.29, 0.717) is 29.0 Å². The summed E-state index contributed by atoms with van der Waals surface area (Å²) >= 11 is 0. The van der Waals surface area contributed by atoms with E-state index in [4.69, 9.17) is 10.7 Å². The maximum Gasteiger partial charge on any atom is 0.573 e. The lowest BCUT2D eigenvalue weighted by molar-refractivity contribution is -0.274. The second-order valence-electron chi connectivity index (χ2n) is 8.49. The minimum atomic E-state index is -4.85. The number of halogens is 3. The Morgan fingerprint density at radius 2 is 2.00 bits per heavy atom. The summed E-state index contributed by atoms with van der Waals surface area (Å²) in [7, 11) is 0. The third-order valence-corrected chi connectivity index (χ3v) is 6.30. The van der Waals surface area contributed by atoms with Gasteiger partial charge in [0.25, 0.3) is 0 Å².